The van der Waals surface area contributed by atoms with Gasteiger partial charge in [0.1, 0.15) is 5.76 Å². The van der Waals surface area contributed by atoms with Crippen molar-refractivity contribution in [2.24, 2.45) is 5.41 Å². The van der Waals surface area contributed by atoms with Gasteiger partial charge >= 0.3 is 11.8 Å². The number of carbonyl (C=O) groups excluding carboxylic acids is 2. The second-order valence-electron chi connectivity index (χ2n) is 7.99. The molecule has 1 aliphatic carbocycles. The van der Waals surface area contributed by atoms with Gasteiger partial charge in [0.25, 0.3) is 5.69 Å². The minimum absolute atomic E-state index is 0.0725. The van der Waals surface area contributed by atoms with Crippen LogP contribution in [0.2, 0.25) is 0 Å². The van der Waals surface area contributed by atoms with Crippen LogP contribution in [0.3, 0.4) is 0 Å². The lowest BCUT2D eigenvalue weighted by molar-refractivity contribution is -0.384. The molecule has 1 unspecified atom stereocenters. The largest absolute Gasteiger partial charge is 0.461 e. The lowest BCUT2D eigenvalue weighted by Gasteiger charge is -2.42. The Morgan fingerprint density at radius 1 is 1.32 bits per heavy atom. The van der Waals surface area contributed by atoms with Crippen LogP contribution < -0.4 is 0 Å². The number of nitrogens with zero attached hydrogens (tertiary/aromatic N) is 1. The van der Waals surface area contributed by atoms with Crippen molar-refractivity contribution >= 4 is 17.4 Å². The summed E-state index contributed by atoms with van der Waals surface area (Å²) >= 11 is 0. The number of aliphatic hydroxyl groups is 1. The van der Waals surface area contributed by atoms with E-state index in [9.17, 15) is 24.8 Å². The van der Waals surface area contributed by atoms with Crippen molar-refractivity contribution in [1.82, 2.24) is 0 Å². The van der Waals surface area contributed by atoms with E-state index in [4.69, 9.17) is 9.47 Å². The molecule has 0 fully saturated rings. The second-order valence-corrected chi connectivity index (χ2v) is 7.99. The number of nitro groups is 1. The fourth-order valence-corrected chi connectivity index (χ4v) is 3.86. The van der Waals surface area contributed by atoms with Gasteiger partial charge in [0, 0.05) is 42.9 Å². The third-order valence-electron chi connectivity index (χ3n) is 5.10. The monoisotopic (exact) mass is 389 g/mol. The minimum Gasteiger partial charge on any atom is -0.461 e. The molecular weight excluding hydrogens is 366 g/mol. The number of hydrogen-bond acceptors (Lipinski definition) is 7. The molecule has 8 heteroatoms. The number of non-ortho nitro benzene ring substituents is 1. The van der Waals surface area contributed by atoms with Crippen molar-refractivity contribution in [2.45, 2.75) is 51.7 Å². The van der Waals surface area contributed by atoms with Crippen LogP contribution in [-0.2, 0) is 19.1 Å². The smallest absolute Gasteiger partial charge is 0.379 e. The highest BCUT2D eigenvalue weighted by molar-refractivity contribution is 5.99. The zero-order valence-electron chi connectivity index (χ0n) is 16.1. The third-order valence-corrected chi connectivity index (χ3v) is 5.10. The standard InChI is InChI=1S/C20H23NO7/c1-4-27-18(23)20(24)9-14(12-5-7-13(8-6-12)21(25)26)17-15(22)10-19(2,3)11-16(17)28-20/h5-8,14,24H,4,9-11H2,1-3H3/t14-,20?/m1/s1. The molecule has 0 bridgehead atoms. The average molecular weight is 389 g/mol. The number of esters is 1. The Bertz CT molecular complexity index is 856. The number of Topliss-reactive ketones (excluding diaryl/α,β-unsaturated/α-hetero) is 1. The zero-order chi connectivity index (χ0) is 20.7. The molecule has 2 atom stereocenters. The molecule has 2 aliphatic rings. The van der Waals surface area contributed by atoms with Crippen molar-refractivity contribution in [3.63, 3.8) is 0 Å². The molecule has 0 saturated carbocycles. The van der Waals surface area contributed by atoms with Gasteiger partial charge in [-0.05, 0) is 17.9 Å². The van der Waals surface area contributed by atoms with Gasteiger partial charge in [-0.25, -0.2) is 4.79 Å². The molecular formula is C20H23NO7. The van der Waals surface area contributed by atoms with Crippen LogP contribution in [0.25, 0.3) is 0 Å². The normalized spacial score (nSPS) is 26.3. The van der Waals surface area contributed by atoms with Gasteiger partial charge in [-0.2, -0.15) is 0 Å². The van der Waals surface area contributed by atoms with Crippen molar-refractivity contribution < 1.29 is 29.1 Å². The average Bonchev–Trinajstić information content (AvgIpc) is 2.59. The zero-order valence-corrected chi connectivity index (χ0v) is 16.1. The number of carbonyl (C=O) groups is 2. The van der Waals surface area contributed by atoms with E-state index < -0.39 is 22.6 Å². The summed E-state index contributed by atoms with van der Waals surface area (Å²) in [6.07, 6.45) is 0.504. The van der Waals surface area contributed by atoms with Gasteiger partial charge in [-0.3, -0.25) is 14.9 Å². The molecule has 0 spiro atoms. The van der Waals surface area contributed by atoms with E-state index in [1.165, 1.54) is 24.3 Å². The van der Waals surface area contributed by atoms with Crippen LogP contribution in [0.5, 0.6) is 0 Å². The number of allylic oxidation sites excluding steroid dienone is 2. The van der Waals surface area contributed by atoms with Crippen molar-refractivity contribution in [1.29, 1.82) is 0 Å². The van der Waals surface area contributed by atoms with Gasteiger partial charge in [0.2, 0.25) is 0 Å². The Labute approximate surface area is 162 Å². The molecule has 28 heavy (non-hydrogen) atoms. The van der Waals surface area contributed by atoms with Crippen LogP contribution >= 0.6 is 0 Å². The van der Waals surface area contributed by atoms with E-state index in [1.54, 1.807) is 6.92 Å². The maximum absolute atomic E-state index is 12.9. The Kier molecular flexibility index (Phi) is 5.01. The van der Waals surface area contributed by atoms with Gasteiger partial charge < -0.3 is 14.6 Å². The van der Waals surface area contributed by atoms with Gasteiger partial charge in [-0.1, -0.05) is 26.0 Å². The minimum atomic E-state index is -2.21. The van der Waals surface area contributed by atoms with Crippen LogP contribution in [-0.4, -0.2) is 34.2 Å². The number of nitro benzene ring substituents is 1. The van der Waals surface area contributed by atoms with E-state index >= 15 is 0 Å². The molecule has 1 heterocycles. The van der Waals surface area contributed by atoms with E-state index in [2.05, 4.69) is 0 Å². The molecule has 0 saturated heterocycles. The third kappa shape index (κ3) is 3.64. The highest BCUT2D eigenvalue weighted by Gasteiger charge is 2.52. The first kappa shape index (κ1) is 20.0. The highest BCUT2D eigenvalue weighted by atomic mass is 16.7. The SMILES string of the molecule is CCOC(=O)C1(O)C[C@H](c2ccc([N+](=O)[O-])cc2)C2=C(CC(C)(C)CC2=O)O1. The number of benzene rings is 1. The fourth-order valence-electron chi connectivity index (χ4n) is 3.86. The second kappa shape index (κ2) is 7.01. The molecule has 1 aromatic rings. The first-order chi connectivity index (χ1) is 13.1. The Morgan fingerprint density at radius 2 is 1.96 bits per heavy atom. The van der Waals surface area contributed by atoms with E-state index in [-0.39, 0.29) is 35.7 Å². The molecule has 1 aromatic carbocycles. The predicted molar refractivity (Wildman–Crippen MR) is 98.2 cm³/mol. The lowest BCUT2D eigenvalue weighted by atomic mass is 9.70. The van der Waals surface area contributed by atoms with Crippen LogP contribution in [0.15, 0.2) is 35.6 Å². The first-order valence-electron chi connectivity index (χ1n) is 9.15. The fraction of sp³-hybridized carbons (Fsp3) is 0.500. The van der Waals surface area contributed by atoms with E-state index in [0.29, 0.717) is 24.0 Å². The molecule has 8 nitrogen and oxygen atoms in total. The molecule has 3 rings (SSSR count). The van der Waals surface area contributed by atoms with Crippen molar-refractivity contribution in [3.8, 4) is 0 Å². The first-order valence-corrected chi connectivity index (χ1v) is 9.15. The maximum atomic E-state index is 12.9. The summed E-state index contributed by atoms with van der Waals surface area (Å²) in [5, 5.41) is 21.8. The summed E-state index contributed by atoms with van der Waals surface area (Å²) < 4.78 is 10.6. The predicted octanol–water partition coefficient (Wildman–Crippen LogP) is 2.99. The summed E-state index contributed by atoms with van der Waals surface area (Å²) in [5.41, 5.74) is 0.559. The summed E-state index contributed by atoms with van der Waals surface area (Å²) in [4.78, 5) is 35.6. The Balaban J connectivity index is 2.08. The van der Waals surface area contributed by atoms with E-state index in [1.807, 2.05) is 13.8 Å². The highest BCUT2D eigenvalue weighted by Crippen LogP contribution is 2.49. The molecule has 1 N–H and O–H groups in total. The molecule has 0 radical (unpaired) electrons. The van der Waals surface area contributed by atoms with E-state index in [0.717, 1.165) is 0 Å². The number of rotatable bonds is 4. The van der Waals surface area contributed by atoms with Crippen molar-refractivity contribution in [3.05, 3.63) is 51.3 Å². The number of ether oxygens (including phenoxy) is 2. The van der Waals surface area contributed by atoms with Crippen LogP contribution in [0.1, 0.15) is 51.5 Å². The molecule has 150 valence electrons. The maximum Gasteiger partial charge on any atom is 0.379 e. The Morgan fingerprint density at radius 3 is 2.54 bits per heavy atom. The van der Waals surface area contributed by atoms with Gasteiger partial charge in [0.05, 0.1) is 11.5 Å². The van der Waals surface area contributed by atoms with Crippen molar-refractivity contribution in [2.75, 3.05) is 6.61 Å². The summed E-state index contributed by atoms with van der Waals surface area (Å²) in [5.74, 6) is -3.58. The topological polar surface area (TPSA) is 116 Å². The Hall–Kier alpha value is -2.74. The lowest BCUT2D eigenvalue weighted by Crippen LogP contribution is -2.49. The number of ketones is 1. The van der Waals surface area contributed by atoms with Gasteiger partial charge in [0.15, 0.2) is 5.78 Å². The van der Waals surface area contributed by atoms with Crippen LogP contribution in [0.4, 0.5) is 5.69 Å². The summed E-state index contributed by atoms with van der Waals surface area (Å²) in [6.45, 7) is 5.52. The van der Waals surface area contributed by atoms with Crippen LogP contribution in [0, 0.1) is 15.5 Å². The molecule has 0 amide bonds. The quantitative estimate of drug-likeness (QED) is 0.478. The molecule has 0 aromatic heterocycles. The molecule has 1 aliphatic heterocycles. The van der Waals surface area contributed by atoms with Gasteiger partial charge in [-0.15, -0.1) is 0 Å². The summed E-state index contributed by atoms with van der Waals surface area (Å²) in [7, 11) is 0. The summed E-state index contributed by atoms with van der Waals surface area (Å²) in [6, 6.07) is 5.76. The number of hydrogen-bond donors (Lipinski definition) is 1.